The predicted molar refractivity (Wildman–Crippen MR) is 79.4 cm³/mol. The second-order valence-electron chi connectivity index (χ2n) is 5.55. The zero-order valence-corrected chi connectivity index (χ0v) is 12.3. The van der Waals surface area contributed by atoms with Crippen LogP contribution in [0.2, 0.25) is 0 Å². The molecule has 1 aliphatic heterocycles. The number of nitrogens with zero attached hydrogens (tertiary/aromatic N) is 1. The van der Waals surface area contributed by atoms with Crippen molar-refractivity contribution >= 4 is 5.91 Å². The molecule has 110 valence electrons. The number of hydrogen-bond acceptors (Lipinski definition) is 3. The average Bonchev–Trinajstić information content (AvgIpc) is 2.48. The number of para-hydroxylation sites is 1. The van der Waals surface area contributed by atoms with E-state index in [1.165, 1.54) is 6.42 Å². The van der Waals surface area contributed by atoms with Crippen LogP contribution in [0, 0.1) is 5.92 Å². The van der Waals surface area contributed by atoms with Crippen LogP contribution in [0.3, 0.4) is 0 Å². The Hall–Kier alpha value is -1.55. The SMILES string of the molecule is CC1CCCN(C(=O)COc2ccccc2CN)C1C. The average molecular weight is 276 g/mol. The summed E-state index contributed by atoms with van der Waals surface area (Å²) < 4.78 is 5.66. The van der Waals surface area contributed by atoms with Gasteiger partial charge in [0.05, 0.1) is 0 Å². The first-order valence-electron chi connectivity index (χ1n) is 7.33. The number of carbonyl (C=O) groups is 1. The maximum atomic E-state index is 12.3. The van der Waals surface area contributed by atoms with E-state index in [2.05, 4.69) is 13.8 Å². The van der Waals surface area contributed by atoms with Crippen molar-refractivity contribution in [2.24, 2.45) is 11.7 Å². The molecule has 1 fully saturated rings. The molecule has 1 amide bonds. The Kier molecular flexibility index (Phi) is 5.01. The lowest BCUT2D eigenvalue weighted by Gasteiger charge is -2.37. The standard InChI is InChI=1S/C16H24N2O2/c1-12-6-5-9-18(13(12)2)16(19)11-20-15-8-4-3-7-14(15)10-17/h3-4,7-8,12-13H,5-6,9-11,17H2,1-2H3. The Bertz CT molecular complexity index is 462. The normalized spacial score (nSPS) is 22.6. The van der Waals surface area contributed by atoms with Gasteiger partial charge in [-0.05, 0) is 31.7 Å². The monoisotopic (exact) mass is 276 g/mol. The fraction of sp³-hybridized carbons (Fsp3) is 0.562. The molecule has 1 aromatic carbocycles. The van der Waals surface area contributed by atoms with E-state index in [0.29, 0.717) is 24.3 Å². The highest BCUT2D eigenvalue weighted by Crippen LogP contribution is 2.23. The van der Waals surface area contributed by atoms with Crippen molar-refractivity contribution in [3.05, 3.63) is 29.8 Å². The summed E-state index contributed by atoms with van der Waals surface area (Å²) in [5, 5.41) is 0. The molecule has 1 saturated heterocycles. The molecule has 0 aromatic heterocycles. The molecule has 4 nitrogen and oxygen atoms in total. The predicted octanol–water partition coefficient (Wildman–Crippen LogP) is 2.17. The summed E-state index contributed by atoms with van der Waals surface area (Å²) >= 11 is 0. The van der Waals surface area contributed by atoms with Gasteiger partial charge in [0.1, 0.15) is 5.75 Å². The topological polar surface area (TPSA) is 55.6 Å². The van der Waals surface area contributed by atoms with E-state index in [1.807, 2.05) is 29.2 Å². The van der Waals surface area contributed by atoms with Gasteiger partial charge in [-0.15, -0.1) is 0 Å². The number of likely N-dealkylation sites (tertiary alicyclic amines) is 1. The van der Waals surface area contributed by atoms with Gasteiger partial charge in [0.25, 0.3) is 5.91 Å². The third kappa shape index (κ3) is 3.31. The quantitative estimate of drug-likeness (QED) is 0.917. The van der Waals surface area contributed by atoms with E-state index in [4.69, 9.17) is 10.5 Å². The van der Waals surface area contributed by atoms with Crippen molar-refractivity contribution in [3.8, 4) is 5.75 Å². The molecule has 0 bridgehead atoms. The number of amides is 1. The van der Waals surface area contributed by atoms with E-state index >= 15 is 0 Å². The lowest BCUT2D eigenvalue weighted by molar-refractivity contribution is -0.137. The summed E-state index contributed by atoms with van der Waals surface area (Å²) in [7, 11) is 0. The Balaban J connectivity index is 1.95. The molecule has 0 radical (unpaired) electrons. The van der Waals surface area contributed by atoms with Crippen LogP contribution in [0.1, 0.15) is 32.3 Å². The smallest absolute Gasteiger partial charge is 0.260 e. The van der Waals surface area contributed by atoms with E-state index < -0.39 is 0 Å². The van der Waals surface area contributed by atoms with Crippen LogP contribution in [0.15, 0.2) is 24.3 Å². The molecule has 0 spiro atoms. The summed E-state index contributed by atoms with van der Waals surface area (Å²) in [6, 6.07) is 7.89. The Morgan fingerprint density at radius 3 is 2.90 bits per heavy atom. The number of rotatable bonds is 4. The summed E-state index contributed by atoms with van der Waals surface area (Å²) in [6.07, 6.45) is 2.28. The van der Waals surface area contributed by atoms with Crippen molar-refractivity contribution in [2.45, 2.75) is 39.3 Å². The number of nitrogens with two attached hydrogens (primary N) is 1. The van der Waals surface area contributed by atoms with E-state index in [9.17, 15) is 4.79 Å². The first kappa shape index (κ1) is 14.9. The van der Waals surface area contributed by atoms with E-state index in [0.717, 1.165) is 18.5 Å². The Labute approximate surface area is 120 Å². The van der Waals surface area contributed by atoms with Crippen LogP contribution in [-0.2, 0) is 11.3 Å². The van der Waals surface area contributed by atoms with Gasteiger partial charge in [0.2, 0.25) is 0 Å². The van der Waals surface area contributed by atoms with Gasteiger partial charge >= 0.3 is 0 Å². The summed E-state index contributed by atoms with van der Waals surface area (Å²) in [5.74, 6) is 1.33. The first-order chi connectivity index (χ1) is 9.63. The van der Waals surface area contributed by atoms with Crippen molar-refractivity contribution < 1.29 is 9.53 Å². The highest BCUT2D eigenvalue weighted by Gasteiger charge is 2.28. The van der Waals surface area contributed by atoms with E-state index in [-0.39, 0.29) is 12.5 Å². The number of benzene rings is 1. The maximum absolute atomic E-state index is 12.3. The molecule has 4 heteroatoms. The third-order valence-corrected chi connectivity index (χ3v) is 4.24. The molecule has 1 aliphatic rings. The molecule has 1 heterocycles. The molecule has 2 rings (SSSR count). The molecule has 0 saturated carbocycles. The number of piperidine rings is 1. The van der Waals surface area contributed by atoms with Gasteiger partial charge in [0, 0.05) is 24.7 Å². The van der Waals surface area contributed by atoms with Crippen molar-refractivity contribution in [1.82, 2.24) is 4.90 Å². The summed E-state index contributed by atoms with van der Waals surface area (Å²) in [6.45, 7) is 5.67. The highest BCUT2D eigenvalue weighted by atomic mass is 16.5. The molecule has 1 aromatic rings. The largest absolute Gasteiger partial charge is 0.483 e. The molecule has 20 heavy (non-hydrogen) atoms. The number of carbonyl (C=O) groups excluding carboxylic acids is 1. The van der Waals surface area contributed by atoms with Crippen LogP contribution in [0.5, 0.6) is 5.75 Å². The van der Waals surface area contributed by atoms with Gasteiger partial charge in [-0.25, -0.2) is 0 Å². The van der Waals surface area contributed by atoms with Crippen LogP contribution in [0.4, 0.5) is 0 Å². The van der Waals surface area contributed by atoms with Gasteiger partial charge in [-0.3, -0.25) is 4.79 Å². The lowest BCUT2D eigenvalue weighted by atomic mass is 9.92. The van der Waals surface area contributed by atoms with Gasteiger partial charge < -0.3 is 15.4 Å². The van der Waals surface area contributed by atoms with Crippen molar-refractivity contribution in [3.63, 3.8) is 0 Å². The zero-order valence-electron chi connectivity index (χ0n) is 12.3. The van der Waals surface area contributed by atoms with Crippen LogP contribution in [0.25, 0.3) is 0 Å². The molecule has 2 atom stereocenters. The van der Waals surface area contributed by atoms with Crippen molar-refractivity contribution in [2.75, 3.05) is 13.2 Å². The number of ether oxygens (including phenoxy) is 1. The van der Waals surface area contributed by atoms with Crippen LogP contribution < -0.4 is 10.5 Å². The van der Waals surface area contributed by atoms with Crippen molar-refractivity contribution in [1.29, 1.82) is 0 Å². The Morgan fingerprint density at radius 2 is 2.15 bits per heavy atom. The minimum Gasteiger partial charge on any atom is -0.483 e. The third-order valence-electron chi connectivity index (χ3n) is 4.24. The summed E-state index contributed by atoms with van der Waals surface area (Å²) in [4.78, 5) is 14.2. The van der Waals surface area contributed by atoms with Crippen LogP contribution >= 0.6 is 0 Å². The molecule has 2 unspecified atom stereocenters. The molecule has 0 aliphatic carbocycles. The summed E-state index contributed by atoms with van der Waals surface area (Å²) in [5.41, 5.74) is 6.60. The lowest BCUT2D eigenvalue weighted by Crippen LogP contribution is -2.47. The van der Waals surface area contributed by atoms with Gasteiger partial charge in [-0.1, -0.05) is 25.1 Å². The second-order valence-corrected chi connectivity index (χ2v) is 5.55. The van der Waals surface area contributed by atoms with Gasteiger partial charge in [-0.2, -0.15) is 0 Å². The minimum absolute atomic E-state index is 0.0656. The molecular weight excluding hydrogens is 252 g/mol. The molecule has 2 N–H and O–H groups in total. The fourth-order valence-corrected chi connectivity index (χ4v) is 2.72. The van der Waals surface area contributed by atoms with Crippen LogP contribution in [-0.4, -0.2) is 30.0 Å². The van der Waals surface area contributed by atoms with E-state index in [1.54, 1.807) is 0 Å². The van der Waals surface area contributed by atoms with Gasteiger partial charge in [0.15, 0.2) is 6.61 Å². The zero-order chi connectivity index (χ0) is 14.5. The minimum atomic E-state index is 0.0656. The Morgan fingerprint density at radius 1 is 1.40 bits per heavy atom. The second kappa shape index (κ2) is 6.75. The first-order valence-corrected chi connectivity index (χ1v) is 7.33. The highest BCUT2D eigenvalue weighted by molar-refractivity contribution is 5.78. The fourth-order valence-electron chi connectivity index (χ4n) is 2.72. The number of hydrogen-bond donors (Lipinski definition) is 1. The maximum Gasteiger partial charge on any atom is 0.260 e. The molecular formula is C16H24N2O2.